The standard InChI is InChI=1S/C31H21ClFN3O3S2/c1-17-9-10-20(15-24(17)33)27(37)25-26(19-11-13-22(32)14-12-19)36(29(39)28(25)38)30-34-35-31(41-30)40-16-21-7-4-6-18-5-2-3-8-23(18)21/h2-15,26,37H,16H2,1H3/t26-/m0/s1. The molecule has 1 N–H and O–H groups in total. The summed E-state index contributed by atoms with van der Waals surface area (Å²) in [6, 6.07) is 24.0. The molecule has 0 bridgehead atoms. The fourth-order valence-corrected chi connectivity index (χ4v) is 6.80. The zero-order valence-electron chi connectivity index (χ0n) is 21.5. The smallest absolute Gasteiger partial charge is 0.301 e. The number of hydrogen-bond acceptors (Lipinski definition) is 7. The molecular formula is C31H21ClFN3O3S2. The lowest BCUT2D eigenvalue weighted by Gasteiger charge is -2.22. The van der Waals surface area contributed by atoms with Crippen molar-refractivity contribution in [3.8, 4) is 0 Å². The van der Waals surface area contributed by atoms with E-state index in [1.165, 1.54) is 40.1 Å². The molecule has 1 atom stereocenters. The van der Waals surface area contributed by atoms with Gasteiger partial charge in [0.2, 0.25) is 5.13 Å². The molecule has 2 heterocycles. The molecule has 0 aliphatic carbocycles. The first-order chi connectivity index (χ1) is 19.8. The van der Waals surface area contributed by atoms with Crippen LogP contribution in [0.25, 0.3) is 16.5 Å². The average molecular weight is 602 g/mol. The van der Waals surface area contributed by atoms with Gasteiger partial charge in [-0.1, -0.05) is 101 Å². The number of hydrogen-bond donors (Lipinski definition) is 1. The van der Waals surface area contributed by atoms with Gasteiger partial charge in [-0.05, 0) is 52.6 Å². The Morgan fingerprint density at radius 3 is 2.56 bits per heavy atom. The molecule has 1 aliphatic heterocycles. The minimum absolute atomic E-state index is 0.0914. The molecular weight excluding hydrogens is 581 g/mol. The van der Waals surface area contributed by atoms with Crippen molar-refractivity contribution in [3.63, 3.8) is 0 Å². The van der Waals surface area contributed by atoms with Gasteiger partial charge < -0.3 is 5.11 Å². The van der Waals surface area contributed by atoms with Crippen molar-refractivity contribution >= 4 is 68.1 Å². The number of carbonyl (C=O) groups excluding carboxylic acids is 2. The van der Waals surface area contributed by atoms with Crippen molar-refractivity contribution in [1.82, 2.24) is 10.2 Å². The van der Waals surface area contributed by atoms with Crippen molar-refractivity contribution in [3.05, 3.63) is 124 Å². The quantitative estimate of drug-likeness (QED) is 0.0705. The van der Waals surface area contributed by atoms with Gasteiger partial charge in [0, 0.05) is 16.3 Å². The van der Waals surface area contributed by atoms with Gasteiger partial charge in [-0.3, -0.25) is 14.5 Å². The lowest BCUT2D eigenvalue weighted by Crippen LogP contribution is -2.29. The van der Waals surface area contributed by atoms with E-state index in [1.807, 2.05) is 18.2 Å². The Morgan fingerprint density at radius 1 is 1.02 bits per heavy atom. The molecule has 10 heteroatoms. The Labute approximate surface area is 248 Å². The van der Waals surface area contributed by atoms with E-state index < -0.39 is 29.3 Å². The Balaban J connectivity index is 1.37. The zero-order valence-corrected chi connectivity index (χ0v) is 23.9. The van der Waals surface area contributed by atoms with Gasteiger partial charge in [0.15, 0.2) is 4.34 Å². The number of aliphatic hydroxyl groups excluding tert-OH is 1. The summed E-state index contributed by atoms with van der Waals surface area (Å²) < 4.78 is 15.0. The van der Waals surface area contributed by atoms with E-state index in [-0.39, 0.29) is 16.3 Å². The molecule has 0 radical (unpaired) electrons. The molecule has 1 saturated heterocycles. The van der Waals surface area contributed by atoms with Crippen LogP contribution in [0, 0.1) is 12.7 Å². The number of benzene rings is 4. The minimum Gasteiger partial charge on any atom is -0.507 e. The van der Waals surface area contributed by atoms with Crippen LogP contribution in [-0.4, -0.2) is 27.0 Å². The molecule has 204 valence electrons. The van der Waals surface area contributed by atoms with Crippen molar-refractivity contribution in [2.75, 3.05) is 4.90 Å². The maximum absolute atomic E-state index is 14.4. The van der Waals surface area contributed by atoms with E-state index in [1.54, 1.807) is 31.2 Å². The number of carbonyl (C=O) groups is 2. The van der Waals surface area contributed by atoms with Crippen LogP contribution in [0.2, 0.25) is 5.02 Å². The van der Waals surface area contributed by atoms with E-state index in [2.05, 4.69) is 34.5 Å². The van der Waals surface area contributed by atoms with Gasteiger partial charge in [0.05, 0.1) is 11.6 Å². The number of aryl methyl sites for hydroxylation is 1. The highest BCUT2D eigenvalue weighted by Gasteiger charge is 2.48. The fourth-order valence-electron chi connectivity index (χ4n) is 4.80. The summed E-state index contributed by atoms with van der Waals surface area (Å²) in [7, 11) is 0. The highest BCUT2D eigenvalue weighted by atomic mass is 35.5. The largest absolute Gasteiger partial charge is 0.507 e. The second-order valence-corrected chi connectivity index (χ2v) is 12.1. The third-order valence-corrected chi connectivity index (χ3v) is 9.27. The second-order valence-electron chi connectivity index (χ2n) is 9.46. The summed E-state index contributed by atoms with van der Waals surface area (Å²) in [5.74, 6) is -2.14. The molecule has 1 fully saturated rings. The molecule has 0 unspecified atom stereocenters. The summed E-state index contributed by atoms with van der Waals surface area (Å²) in [6.45, 7) is 1.59. The molecule has 0 saturated carbocycles. The first-order valence-electron chi connectivity index (χ1n) is 12.6. The Hall–Kier alpha value is -4.05. The number of halogens is 2. The van der Waals surface area contributed by atoms with Crippen LogP contribution < -0.4 is 4.90 Å². The Bertz CT molecular complexity index is 1850. The van der Waals surface area contributed by atoms with E-state index in [9.17, 15) is 19.1 Å². The van der Waals surface area contributed by atoms with Crippen molar-refractivity contribution < 1.29 is 19.1 Å². The Kier molecular flexibility index (Phi) is 7.33. The minimum atomic E-state index is -1.01. The van der Waals surface area contributed by atoms with E-state index in [0.29, 0.717) is 26.2 Å². The van der Waals surface area contributed by atoms with Crippen LogP contribution in [0.1, 0.15) is 28.3 Å². The first-order valence-corrected chi connectivity index (χ1v) is 14.8. The topological polar surface area (TPSA) is 83.4 Å². The number of aromatic nitrogens is 2. The summed E-state index contributed by atoms with van der Waals surface area (Å²) in [4.78, 5) is 28.0. The SMILES string of the molecule is Cc1ccc(C(O)=C2C(=O)C(=O)N(c3nnc(SCc4cccc5ccccc45)s3)[C@H]2c2ccc(Cl)cc2)cc1F. The number of amides is 1. The van der Waals surface area contributed by atoms with Gasteiger partial charge in [0.25, 0.3) is 5.78 Å². The van der Waals surface area contributed by atoms with Crippen LogP contribution in [0.4, 0.5) is 9.52 Å². The van der Waals surface area contributed by atoms with Crippen LogP contribution in [-0.2, 0) is 15.3 Å². The summed E-state index contributed by atoms with van der Waals surface area (Å²) in [6.07, 6.45) is 0. The molecule has 41 heavy (non-hydrogen) atoms. The number of thioether (sulfide) groups is 1. The number of Topliss-reactive ketones (excluding diaryl/α,β-unsaturated/α-hetero) is 1. The molecule has 1 aliphatic rings. The van der Waals surface area contributed by atoms with Crippen molar-refractivity contribution in [2.45, 2.75) is 23.1 Å². The number of aliphatic hydroxyl groups is 1. The fraction of sp³-hybridized carbons (Fsp3) is 0.0968. The van der Waals surface area contributed by atoms with Crippen molar-refractivity contribution in [2.24, 2.45) is 0 Å². The molecule has 0 spiro atoms. The predicted molar refractivity (Wildman–Crippen MR) is 161 cm³/mol. The highest BCUT2D eigenvalue weighted by Crippen LogP contribution is 2.44. The monoisotopic (exact) mass is 601 g/mol. The summed E-state index contributed by atoms with van der Waals surface area (Å²) in [5, 5.41) is 22.7. The number of fused-ring (bicyclic) bond motifs is 1. The van der Waals surface area contributed by atoms with E-state index in [0.717, 1.165) is 22.4 Å². The Morgan fingerprint density at radius 2 is 1.78 bits per heavy atom. The van der Waals surface area contributed by atoms with Crippen LogP contribution in [0.3, 0.4) is 0 Å². The van der Waals surface area contributed by atoms with E-state index >= 15 is 0 Å². The van der Waals surface area contributed by atoms with Crippen LogP contribution in [0.15, 0.2) is 94.8 Å². The number of nitrogens with zero attached hydrogens (tertiary/aromatic N) is 3. The maximum atomic E-state index is 14.4. The van der Waals surface area contributed by atoms with Gasteiger partial charge in [-0.25, -0.2) is 4.39 Å². The van der Waals surface area contributed by atoms with Gasteiger partial charge in [0.1, 0.15) is 11.6 Å². The second kappa shape index (κ2) is 11.1. The van der Waals surface area contributed by atoms with E-state index in [4.69, 9.17) is 11.6 Å². The highest BCUT2D eigenvalue weighted by molar-refractivity contribution is 8.00. The van der Waals surface area contributed by atoms with Gasteiger partial charge >= 0.3 is 5.91 Å². The molecule has 6 nitrogen and oxygen atoms in total. The molecule has 1 aromatic heterocycles. The average Bonchev–Trinajstić information content (AvgIpc) is 3.55. The summed E-state index contributed by atoms with van der Waals surface area (Å²) in [5.41, 5.74) is 1.98. The lowest BCUT2D eigenvalue weighted by molar-refractivity contribution is -0.132. The zero-order chi connectivity index (χ0) is 28.7. The van der Waals surface area contributed by atoms with Gasteiger partial charge in [-0.2, -0.15) is 0 Å². The molecule has 4 aromatic carbocycles. The normalized spacial score (nSPS) is 16.6. The third kappa shape index (κ3) is 5.12. The molecule has 5 aromatic rings. The molecule has 6 rings (SSSR count). The summed E-state index contributed by atoms with van der Waals surface area (Å²) >= 11 is 8.76. The molecule has 1 amide bonds. The maximum Gasteiger partial charge on any atom is 0.301 e. The van der Waals surface area contributed by atoms with Crippen LogP contribution >= 0.6 is 34.7 Å². The first kappa shape index (κ1) is 27.1. The van der Waals surface area contributed by atoms with Crippen LogP contribution in [0.5, 0.6) is 0 Å². The number of anilines is 1. The predicted octanol–water partition coefficient (Wildman–Crippen LogP) is 7.71. The van der Waals surface area contributed by atoms with Gasteiger partial charge in [-0.15, -0.1) is 10.2 Å². The third-order valence-electron chi connectivity index (χ3n) is 6.91. The number of ketones is 1. The number of rotatable bonds is 6. The lowest BCUT2D eigenvalue weighted by atomic mass is 9.95. The van der Waals surface area contributed by atoms with Crippen molar-refractivity contribution in [1.29, 1.82) is 0 Å².